The van der Waals surface area contributed by atoms with Crippen LogP contribution in [0.1, 0.15) is 13.8 Å². The minimum atomic E-state index is -3.60. The van der Waals surface area contributed by atoms with Crippen LogP contribution in [-0.2, 0) is 10.0 Å². The minimum Gasteiger partial charge on any atom is -0.399 e. The summed E-state index contributed by atoms with van der Waals surface area (Å²) in [4.78, 5) is 0.105. The van der Waals surface area contributed by atoms with Crippen LogP contribution in [-0.4, -0.2) is 26.2 Å². The van der Waals surface area contributed by atoms with Crippen LogP contribution in [0.4, 0.5) is 5.69 Å². The Bertz CT molecular complexity index is 471. The number of sulfonamides is 1. The van der Waals surface area contributed by atoms with Crippen molar-refractivity contribution in [3.05, 3.63) is 24.3 Å². The standard InChI is InChI=1S/C11H18N2O3S/c1-8(2)11(14)7-13-17(15,16)10-5-3-4-9(12)6-10/h3-6,8,11,13-14H,7,12H2,1-2H3. The number of anilines is 1. The van der Waals surface area contributed by atoms with E-state index in [0.717, 1.165) is 0 Å². The molecule has 0 fully saturated rings. The van der Waals surface area contributed by atoms with Gasteiger partial charge in [-0.2, -0.15) is 0 Å². The second-order valence-corrected chi connectivity index (χ2v) is 6.00. The molecular formula is C11H18N2O3S. The molecule has 1 unspecified atom stereocenters. The summed E-state index contributed by atoms with van der Waals surface area (Å²) in [6.45, 7) is 3.63. The van der Waals surface area contributed by atoms with E-state index in [2.05, 4.69) is 4.72 Å². The number of hydrogen-bond acceptors (Lipinski definition) is 4. The maximum Gasteiger partial charge on any atom is 0.240 e. The summed E-state index contributed by atoms with van der Waals surface area (Å²) in [6.07, 6.45) is -0.703. The summed E-state index contributed by atoms with van der Waals surface area (Å²) in [5.41, 5.74) is 5.90. The molecule has 0 bridgehead atoms. The third kappa shape index (κ3) is 3.99. The van der Waals surface area contributed by atoms with E-state index in [1.807, 2.05) is 13.8 Å². The zero-order chi connectivity index (χ0) is 13.1. The maximum atomic E-state index is 11.8. The van der Waals surface area contributed by atoms with Crippen LogP contribution in [0, 0.1) is 5.92 Å². The number of aliphatic hydroxyl groups is 1. The highest BCUT2D eigenvalue weighted by Gasteiger charge is 2.17. The number of hydrogen-bond donors (Lipinski definition) is 3. The number of rotatable bonds is 5. The Balaban J connectivity index is 2.76. The lowest BCUT2D eigenvalue weighted by Gasteiger charge is -2.15. The number of aliphatic hydroxyl groups excluding tert-OH is 1. The molecule has 0 aliphatic heterocycles. The second-order valence-electron chi connectivity index (χ2n) is 4.24. The van der Waals surface area contributed by atoms with Gasteiger partial charge in [0.1, 0.15) is 0 Å². The predicted molar refractivity (Wildman–Crippen MR) is 66.9 cm³/mol. The Morgan fingerprint density at radius 3 is 2.59 bits per heavy atom. The van der Waals surface area contributed by atoms with Gasteiger partial charge in [0, 0.05) is 12.2 Å². The van der Waals surface area contributed by atoms with E-state index in [1.54, 1.807) is 12.1 Å². The third-order valence-corrected chi connectivity index (χ3v) is 3.84. The molecule has 0 heterocycles. The fraction of sp³-hybridized carbons (Fsp3) is 0.455. The normalized spacial score (nSPS) is 13.9. The predicted octanol–water partition coefficient (Wildman–Crippen LogP) is 0.564. The molecule has 96 valence electrons. The molecular weight excluding hydrogens is 240 g/mol. The van der Waals surface area contributed by atoms with Crippen molar-refractivity contribution in [1.29, 1.82) is 0 Å². The average Bonchev–Trinajstić information content (AvgIpc) is 2.26. The molecule has 17 heavy (non-hydrogen) atoms. The van der Waals surface area contributed by atoms with Crippen molar-refractivity contribution in [3.63, 3.8) is 0 Å². The highest BCUT2D eigenvalue weighted by atomic mass is 32.2. The SMILES string of the molecule is CC(C)C(O)CNS(=O)(=O)c1cccc(N)c1. The lowest BCUT2D eigenvalue weighted by molar-refractivity contribution is 0.129. The van der Waals surface area contributed by atoms with Crippen LogP contribution in [0.3, 0.4) is 0 Å². The van der Waals surface area contributed by atoms with Crippen molar-refractivity contribution in [1.82, 2.24) is 4.72 Å². The summed E-state index contributed by atoms with van der Waals surface area (Å²) >= 11 is 0. The molecule has 0 aliphatic carbocycles. The molecule has 0 spiro atoms. The summed E-state index contributed by atoms with van der Waals surface area (Å²) in [6, 6.07) is 6.02. The summed E-state index contributed by atoms with van der Waals surface area (Å²) < 4.78 is 26.0. The monoisotopic (exact) mass is 258 g/mol. The van der Waals surface area contributed by atoms with Crippen LogP contribution in [0.25, 0.3) is 0 Å². The fourth-order valence-electron chi connectivity index (χ4n) is 1.20. The molecule has 1 aromatic rings. The van der Waals surface area contributed by atoms with Crippen LogP contribution < -0.4 is 10.5 Å². The molecule has 1 aromatic carbocycles. The van der Waals surface area contributed by atoms with E-state index < -0.39 is 16.1 Å². The Kier molecular flexibility index (Phi) is 4.50. The van der Waals surface area contributed by atoms with Gasteiger partial charge in [0.2, 0.25) is 10.0 Å². The van der Waals surface area contributed by atoms with Gasteiger partial charge in [0.25, 0.3) is 0 Å². The van der Waals surface area contributed by atoms with E-state index in [0.29, 0.717) is 5.69 Å². The second kappa shape index (κ2) is 5.48. The molecule has 0 radical (unpaired) electrons. The van der Waals surface area contributed by atoms with Gasteiger partial charge in [-0.3, -0.25) is 0 Å². The minimum absolute atomic E-state index is 0.00135. The van der Waals surface area contributed by atoms with Crippen LogP contribution >= 0.6 is 0 Å². The zero-order valence-electron chi connectivity index (χ0n) is 9.92. The van der Waals surface area contributed by atoms with Crippen LogP contribution in [0.2, 0.25) is 0 Å². The van der Waals surface area contributed by atoms with E-state index in [1.165, 1.54) is 12.1 Å². The third-order valence-electron chi connectivity index (χ3n) is 2.42. The Morgan fingerprint density at radius 2 is 2.06 bits per heavy atom. The summed E-state index contributed by atoms with van der Waals surface area (Å²) in [5, 5.41) is 9.54. The molecule has 5 nitrogen and oxygen atoms in total. The van der Waals surface area contributed by atoms with Gasteiger partial charge in [-0.1, -0.05) is 19.9 Å². The van der Waals surface area contributed by atoms with Crippen molar-refractivity contribution in [3.8, 4) is 0 Å². The Morgan fingerprint density at radius 1 is 1.41 bits per heavy atom. The van der Waals surface area contributed by atoms with Crippen molar-refractivity contribution in [2.24, 2.45) is 5.92 Å². The molecule has 0 saturated heterocycles. The highest BCUT2D eigenvalue weighted by Crippen LogP contribution is 2.12. The fourth-order valence-corrected chi connectivity index (χ4v) is 2.30. The first-order valence-electron chi connectivity index (χ1n) is 5.36. The molecule has 0 aromatic heterocycles. The molecule has 4 N–H and O–H groups in total. The van der Waals surface area contributed by atoms with Crippen molar-refractivity contribution < 1.29 is 13.5 Å². The average molecular weight is 258 g/mol. The highest BCUT2D eigenvalue weighted by molar-refractivity contribution is 7.89. The van der Waals surface area contributed by atoms with E-state index in [4.69, 9.17) is 5.73 Å². The molecule has 0 saturated carbocycles. The van der Waals surface area contributed by atoms with E-state index in [9.17, 15) is 13.5 Å². The molecule has 1 rings (SSSR count). The van der Waals surface area contributed by atoms with Gasteiger partial charge < -0.3 is 10.8 Å². The summed E-state index contributed by atoms with van der Waals surface area (Å²) in [7, 11) is -3.60. The van der Waals surface area contributed by atoms with Crippen molar-refractivity contribution in [2.45, 2.75) is 24.8 Å². The molecule has 6 heteroatoms. The smallest absolute Gasteiger partial charge is 0.240 e. The topological polar surface area (TPSA) is 92.4 Å². The van der Waals surface area contributed by atoms with Gasteiger partial charge in [-0.15, -0.1) is 0 Å². The van der Waals surface area contributed by atoms with Crippen LogP contribution in [0.5, 0.6) is 0 Å². The van der Waals surface area contributed by atoms with Gasteiger partial charge in [-0.05, 0) is 24.1 Å². The first-order chi connectivity index (χ1) is 7.83. The lowest BCUT2D eigenvalue weighted by Crippen LogP contribution is -2.34. The first kappa shape index (κ1) is 14.0. The van der Waals surface area contributed by atoms with Gasteiger partial charge in [0.05, 0.1) is 11.0 Å². The lowest BCUT2D eigenvalue weighted by atomic mass is 10.1. The first-order valence-corrected chi connectivity index (χ1v) is 6.84. The molecule has 1 atom stereocenters. The number of nitrogens with two attached hydrogens (primary N) is 1. The zero-order valence-corrected chi connectivity index (χ0v) is 10.7. The number of benzene rings is 1. The van der Waals surface area contributed by atoms with Crippen molar-refractivity contribution in [2.75, 3.05) is 12.3 Å². The summed E-state index contributed by atoms with van der Waals surface area (Å²) in [5.74, 6) is -0.00135. The van der Waals surface area contributed by atoms with Crippen molar-refractivity contribution >= 4 is 15.7 Å². The van der Waals surface area contributed by atoms with Gasteiger partial charge >= 0.3 is 0 Å². The quantitative estimate of drug-likeness (QED) is 0.673. The van der Waals surface area contributed by atoms with Gasteiger partial charge in [-0.25, -0.2) is 13.1 Å². The van der Waals surface area contributed by atoms with E-state index in [-0.39, 0.29) is 17.4 Å². The Labute approximate surface area is 102 Å². The number of nitrogen functional groups attached to an aromatic ring is 1. The molecule has 0 aliphatic rings. The largest absolute Gasteiger partial charge is 0.399 e. The number of nitrogens with one attached hydrogen (secondary N) is 1. The Hall–Kier alpha value is -1.11. The molecule has 0 amide bonds. The maximum absolute atomic E-state index is 11.8. The van der Waals surface area contributed by atoms with Crippen LogP contribution in [0.15, 0.2) is 29.2 Å². The van der Waals surface area contributed by atoms with E-state index >= 15 is 0 Å². The van der Waals surface area contributed by atoms with Gasteiger partial charge in [0.15, 0.2) is 0 Å².